The van der Waals surface area contributed by atoms with Gasteiger partial charge in [0.25, 0.3) is 0 Å². The Morgan fingerprint density at radius 1 is 1.12 bits per heavy atom. The summed E-state index contributed by atoms with van der Waals surface area (Å²) < 4.78 is 62.2. The maximum atomic E-state index is 12.9. The molecule has 2 aromatic carbocycles. The minimum absolute atomic E-state index is 0.107. The zero-order valence-electron chi connectivity index (χ0n) is 18.9. The number of para-hydroxylation sites is 1. The highest BCUT2D eigenvalue weighted by atomic mass is 32.2. The third-order valence-corrected chi connectivity index (χ3v) is 7.30. The number of rotatable bonds is 9. The van der Waals surface area contributed by atoms with E-state index in [1.165, 1.54) is 53.9 Å². The van der Waals surface area contributed by atoms with Crippen LogP contribution < -0.4 is 14.8 Å². The molecule has 2 aromatic rings. The van der Waals surface area contributed by atoms with Gasteiger partial charge in [0, 0.05) is 43.5 Å². The fraction of sp³-hybridized carbons (Fsp3) is 0.348. The molecule has 0 saturated carbocycles. The van der Waals surface area contributed by atoms with Gasteiger partial charge in [-0.3, -0.25) is 4.79 Å². The van der Waals surface area contributed by atoms with Crippen molar-refractivity contribution in [1.82, 2.24) is 9.21 Å². The van der Waals surface area contributed by atoms with Crippen LogP contribution in [0.5, 0.6) is 11.5 Å². The lowest BCUT2D eigenvalue weighted by Gasteiger charge is -2.33. The number of benzene rings is 2. The summed E-state index contributed by atoms with van der Waals surface area (Å²) in [6.07, 6.45) is 2.48. The normalized spacial score (nSPS) is 15.6. The van der Waals surface area contributed by atoms with Crippen LogP contribution in [0.1, 0.15) is 12.5 Å². The Morgan fingerprint density at radius 3 is 2.38 bits per heavy atom. The Bertz CT molecular complexity index is 1120. The van der Waals surface area contributed by atoms with Gasteiger partial charge in [-0.1, -0.05) is 19.1 Å². The van der Waals surface area contributed by atoms with Gasteiger partial charge >= 0.3 is 6.61 Å². The van der Waals surface area contributed by atoms with Gasteiger partial charge in [-0.2, -0.15) is 13.1 Å². The van der Waals surface area contributed by atoms with Gasteiger partial charge in [-0.05, 0) is 43.0 Å². The number of amides is 1. The number of halogens is 2. The van der Waals surface area contributed by atoms with Crippen LogP contribution in [-0.2, 0) is 14.8 Å². The maximum absolute atomic E-state index is 12.9. The van der Waals surface area contributed by atoms with Crippen LogP contribution >= 0.6 is 0 Å². The number of carbonyl (C=O) groups excluding carboxylic acids is 1. The van der Waals surface area contributed by atoms with E-state index in [0.717, 1.165) is 12.6 Å². The Kier molecular flexibility index (Phi) is 8.59. The fourth-order valence-corrected chi connectivity index (χ4v) is 4.96. The summed E-state index contributed by atoms with van der Waals surface area (Å²) in [5.74, 6) is -0.605. The van der Waals surface area contributed by atoms with Gasteiger partial charge in [0.1, 0.15) is 0 Å². The number of sulfonamides is 1. The first-order chi connectivity index (χ1) is 16.2. The molecule has 1 aliphatic rings. The number of methoxy groups -OCH3 is 1. The lowest BCUT2D eigenvalue weighted by atomic mass is 10.1. The molecule has 3 rings (SSSR count). The number of nitrogens with one attached hydrogen (secondary N) is 1. The Balaban J connectivity index is 1.66. The first-order valence-electron chi connectivity index (χ1n) is 10.7. The standard InChI is InChI=1S/C23H27F2N3O5S/c1-3-27-13-15-28(16-14-27)34(30,31)19-10-8-18(9-11-19)26-21(29)12-7-17-5-4-6-20(32-2)22(17)33-23(24)25/h4-12,23H,3,13-16H2,1-2H3,(H,26,29)/b12-7+. The van der Waals surface area contributed by atoms with E-state index < -0.39 is 22.5 Å². The van der Waals surface area contributed by atoms with E-state index >= 15 is 0 Å². The fourth-order valence-electron chi connectivity index (χ4n) is 3.53. The second-order valence-corrected chi connectivity index (χ2v) is 9.38. The van der Waals surface area contributed by atoms with Crippen molar-refractivity contribution < 1.29 is 31.5 Å². The van der Waals surface area contributed by atoms with Crippen LogP contribution in [0.15, 0.2) is 53.4 Å². The van der Waals surface area contributed by atoms with Crippen LogP contribution in [0.2, 0.25) is 0 Å². The van der Waals surface area contributed by atoms with E-state index in [9.17, 15) is 22.0 Å². The molecule has 1 aliphatic heterocycles. The van der Waals surface area contributed by atoms with Crippen molar-refractivity contribution >= 4 is 27.7 Å². The molecule has 1 N–H and O–H groups in total. The molecule has 1 saturated heterocycles. The molecule has 0 radical (unpaired) electrons. The number of piperazine rings is 1. The van der Waals surface area contributed by atoms with Crippen LogP contribution in [0, 0.1) is 0 Å². The SMILES string of the molecule is CCN1CCN(S(=O)(=O)c2ccc(NC(=O)/C=C/c3cccc(OC)c3OC(F)F)cc2)CC1. The van der Waals surface area contributed by atoms with Crippen molar-refractivity contribution in [2.24, 2.45) is 0 Å². The number of alkyl halides is 2. The van der Waals surface area contributed by atoms with Gasteiger partial charge in [0.15, 0.2) is 11.5 Å². The predicted octanol–water partition coefficient (Wildman–Crippen LogP) is 3.27. The molecule has 0 aromatic heterocycles. The average Bonchev–Trinajstić information content (AvgIpc) is 2.83. The third-order valence-electron chi connectivity index (χ3n) is 5.39. The largest absolute Gasteiger partial charge is 0.493 e. The lowest BCUT2D eigenvalue weighted by molar-refractivity contribution is -0.111. The molecule has 0 atom stereocenters. The third kappa shape index (κ3) is 6.31. The molecule has 184 valence electrons. The number of ether oxygens (including phenoxy) is 2. The van der Waals surface area contributed by atoms with E-state index in [-0.39, 0.29) is 22.0 Å². The Morgan fingerprint density at radius 2 is 1.79 bits per heavy atom. The van der Waals surface area contributed by atoms with Gasteiger partial charge in [0.2, 0.25) is 15.9 Å². The summed E-state index contributed by atoms with van der Waals surface area (Å²) in [4.78, 5) is 14.6. The highest BCUT2D eigenvalue weighted by Gasteiger charge is 2.27. The number of hydrogen-bond donors (Lipinski definition) is 1. The molecule has 0 unspecified atom stereocenters. The van der Waals surface area contributed by atoms with Crippen molar-refractivity contribution in [3.63, 3.8) is 0 Å². The van der Waals surface area contributed by atoms with Gasteiger partial charge < -0.3 is 19.7 Å². The summed E-state index contributed by atoms with van der Waals surface area (Å²) >= 11 is 0. The average molecular weight is 496 g/mol. The quantitative estimate of drug-likeness (QED) is 0.538. The second kappa shape index (κ2) is 11.4. The molecule has 0 spiro atoms. The van der Waals surface area contributed by atoms with Gasteiger partial charge in [0.05, 0.1) is 12.0 Å². The maximum Gasteiger partial charge on any atom is 0.387 e. The van der Waals surface area contributed by atoms with Crippen molar-refractivity contribution in [1.29, 1.82) is 0 Å². The Hall–Kier alpha value is -3.02. The molecule has 1 heterocycles. The monoisotopic (exact) mass is 495 g/mol. The van der Waals surface area contributed by atoms with Gasteiger partial charge in [-0.15, -0.1) is 0 Å². The molecule has 0 aliphatic carbocycles. The molecule has 34 heavy (non-hydrogen) atoms. The van der Waals surface area contributed by atoms with Crippen molar-refractivity contribution in [2.75, 3.05) is 45.2 Å². The van der Waals surface area contributed by atoms with Crippen molar-refractivity contribution in [3.05, 3.63) is 54.1 Å². The molecular formula is C23H27F2N3O5S. The van der Waals surface area contributed by atoms with E-state index in [0.29, 0.717) is 31.9 Å². The van der Waals surface area contributed by atoms with Crippen molar-refractivity contribution in [3.8, 4) is 11.5 Å². The number of hydrogen-bond acceptors (Lipinski definition) is 6. The summed E-state index contributed by atoms with van der Waals surface area (Å²) in [6, 6.07) is 10.4. The van der Waals surface area contributed by atoms with Crippen LogP contribution in [0.25, 0.3) is 6.08 Å². The minimum Gasteiger partial charge on any atom is -0.493 e. The van der Waals surface area contributed by atoms with Crippen molar-refractivity contribution in [2.45, 2.75) is 18.4 Å². The molecule has 11 heteroatoms. The highest BCUT2D eigenvalue weighted by Crippen LogP contribution is 2.33. The summed E-state index contributed by atoms with van der Waals surface area (Å²) in [7, 11) is -2.29. The predicted molar refractivity (Wildman–Crippen MR) is 125 cm³/mol. The smallest absolute Gasteiger partial charge is 0.387 e. The topological polar surface area (TPSA) is 88.2 Å². The molecule has 1 amide bonds. The van der Waals surface area contributed by atoms with Crippen LogP contribution in [0.4, 0.5) is 14.5 Å². The number of anilines is 1. The highest BCUT2D eigenvalue weighted by molar-refractivity contribution is 7.89. The number of nitrogens with zero attached hydrogens (tertiary/aromatic N) is 2. The van der Waals surface area contributed by atoms with Crippen LogP contribution in [-0.4, -0.2) is 70.0 Å². The zero-order chi connectivity index (χ0) is 24.7. The first kappa shape index (κ1) is 25.6. The molecule has 1 fully saturated rings. The van der Waals surface area contributed by atoms with E-state index in [1.54, 1.807) is 6.07 Å². The summed E-state index contributed by atoms with van der Waals surface area (Å²) in [5, 5.41) is 2.61. The van der Waals surface area contributed by atoms with Crippen LogP contribution in [0.3, 0.4) is 0 Å². The first-order valence-corrected chi connectivity index (χ1v) is 12.1. The zero-order valence-corrected chi connectivity index (χ0v) is 19.7. The lowest BCUT2D eigenvalue weighted by Crippen LogP contribution is -2.48. The molecule has 0 bridgehead atoms. The molecular weight excluding hydrogens is 468 g/mol. The van der Waals surface area contributed by atoms with E-state index in [1.807, 2.05) is 6.92 Å². The summed E-state index contributed by atoms with van der Waals surface area (Å²) in [6.45, 7) is 2.11. The number of carbonyl (C=O) groups is 1. The summed E-state index contributed by atoms with van der Waals surface area (Å²) in [5.41, 5.74) is 0.624. The molecule has 8 nitrogen and oxygen atoms in total. The second-order valence-electron chi connectivity index (χ2n) is 7.44. The van der Waals surface area contributed by atoms with E-state index in [4.69, 9.17) is 4.74 Å². The van der Waals surface area contributed by atoms with Gasteiger partial charge in [-0.25, -0.2) is 8.42 Å². The Labute approximate surface area is 197 Å². The minimum atomic E-state index is -3.61. The van der Waals surface area contributed by atoms with E-state index in [2.05, 4.69) is 15.0 Å². The number of likely N-dealkylation sites (N-methyl/N-ethyl adjacent to an activating group) is 1.